The molecule has 0 aliphatic rings. The average molecular weight is 323 g/mol. The second kappa shape index (κ2) is 9.15. The Morgan fingerprint density at radius 3 is 2.43 bits per heavy atom. The van der Waals surface area contributed by atoms with Gasteiger partial charge in [-0.1, -0.05) is 30.3 Å². The zero-order chi connectivity index (χ0) is 17.3. The quantitative estimate of drug-likeness (QED) is 0.768. The summed E-state index contributed by atoms with van der Waals surface area (Å²) in [5, 5.41) is 11.5. The molecule has 1 amide bonds. The maximum atomic E-state index is 11.8. The molecule has 6 heteroatoms. The molecular weight excluding hydrogens is 298 g/mol. The number of carboxylic acids is 1. The van der Waals surface area contributed by atoms with Crippen molar-refractivity contribution in [2.24, 2.45) is 0 Å². The molecule has 1 aromatic carbocycles. The second-order valence-electron chi connectivity index (χ2n) is 6.28. The highest BCUT2D eigenvalue weighted by atomic mass is 16.6. The summed E-state index contributed by atoms with van der Waals surface area (Å²) in [5.41, 5.74) is 0.411. The van der Waals surface area contributed by atoms with Crippen LogP contribution in [0, 0.1) is 0 Å². The molecule has 1 rings (SSSR count). The number of rotatable bonds is 8. The number of carboxylic acid groups (broad SMARTS) is 1. The van der Waals surface area contributed by atoms with E-state index in [9.17, 15) is 9.59 Å². The summed E-state index contributed by atoms with van der Waals surface area (Å²) in [6.45, 7) is 5.93. The Labute approximate surface area is 136 Å². The Hall–Kier alpha value is -2.08. The van der Waals surface area contributed by atoms with Crippen LogP contribution in [-0.2, 0) is 20.9 Å². The minimum absolute atomic E-state index is 0.0465. The van der Waals surface area contributed by atoms with Gasteiger partial charge in [-0.3, -0.25) is 4.79 Å². The Kier molecular flexibility index (Phi) is 7.54. The highest BCUT2D eigenvalue weighted by molar-refractivity contribution is 5.69. The Balaban J connectivity index is 2.47. The number of ether oxygens (including phenoxy) is 2. The molecule has 0 fully saturated rings. The van der Waals surface area contributed by atoms with Crippen molar-refractivity contribution in [1.29, 1.82) is 0 Å². The van der Waals surface area contributed by atoms with Gasteiger partial charge in [0.1, 0.15) is 5.60 Å². The molecule has 0 heterocycles. The number of hydrogen-bond donors (Lipinski definition) is 2. The van der Waals surface area contributed by atoms with Crippen molar-refractivity contribution >= 4 is 12.1 Å². The molecule has 1 aromatic rings. The molecule has 0 unspecified atom stereocenters. The van der Waals surface area contributed by atoms with Crippen LogP contribution in [0.25, 0.3) is 0 Å². The minimum Gasteiger partial charge on any atom is -0.481 e. The first kappa shape index (κ1) is 19.0. The fourth-order valence-corrected chi connectivity index (χ4v) is 1.86. The van der Waals surface area contributed by atoms with E-state index in [-0.39, 0.29) is 19.4 Å². The van der Waals surface area contributed by atoms with Crippen LogP contribution in [0.5, 0.6) is 0 Å². The lowest BCUT2D eigenvalue weighted by Crippen LogP contribution is -2.41. The molecule has 0 aromatic heterocycles. The molecule has 0 radical (unpaired) electrons. The van der Waals surface area contributed by atoms with E-state index >= 15 is 0 Å². The molecular formula is C17H25NO5. The second-order valence-corrected chi connectivity index (χ2v) is 6.28. The fraction of sp³-hybridized carbons (Fsp3) is 0.529. The van der Waals surface area contributed by atoms with Crippen molar-refractivity contribution in [2.45, 2.75) is 51.9 Å². The molecule has 0 spiro atoms. The van der Waals surface area contributed by atoms with Crippen molar-refractivity contribution in [2.75, 3.05) is 6.61 Å². The van der Waals surface area contributed by atoms with Crippen molar-refractivity contribution < 1.29 is 24.2 Å². The molecule has 0 saturated carbocycles. The lowest BCUT2D eigenvalue weighted by atomic mass is 10.1. The lowest BCUT2D eigenvalue weighted by molar-refractivity contribution is -0.137. The third-order valence-electron chi connectivity index (χ3n) is 2.86. The van der Waals surface area contributed by atoms with Crippen LogP contribution in [0.4, 0.5) is 4.79 Å². The number of hydrogen-bond acceptors (Lipinski definition) is 4. The van der Waals surface area contributed by atoms with E-state index in [4.69, 9.17) is 14.6 Å². The molecule has 128 valence electrons. The first-order valence-corrected chi connectivity index (χ1v) is 7.59. The van der Waals surface area contributed by atoms with E-state index in [1.54, 1.807) is 20.8 Å². The Morgan fingerprint density at radius 2 is 1.87 bits per heavy atom. The van der Waals surface area contributed by atoms with Crippen LogP contribution in [0.15, 0.2) is 30.3 Å². The number of nitrogens with one attached hydrogen (secondary N) is 1. The van der Waals surface area contributed by atoms with Gasteiger partial charge in [0.15, 0.2) is 0 Å². The summed E-state index contributed by atoms with van der Waals surface area (Å²) < 4.78 is 10.8. The normalized spacial score (nSPS) is 12.5. The molecule has 1 atom stereocenters. The molecule has 0 bridgehead atoms. The van der Waals surface area contributed by atoms with Gasteiger partial charge < -0.3 is 19.9 Å². The molecule has 0 aliphatic carbocycles. The van der Waals surface area contributed by atoms with E-state index in [1.807, 2.05) is 30.3 Å². The molecule has 0 saturated heterocycles. The summed E-state index contributed by atoms with van der Waals surface area (Å²) in [6, 6.07) is 9.22. The summed E-state index contributed by atoms with van der Waals surface area (Å²) in [6.07, 6.45) is -0.338. The number of aliphatic carboxylic acids is 1. The summed E-state index contributed by atoms with van der Waals surface area (Å²) in [5.74, 6) is -0.913. The van der Waals surface area contributed by atoms with Gasteiger partial charge >= 0.3 is 12.1 Å². The van der Waals surface area contributed by atoms with Crippen molar-refractivity contribution in [1.82, 2.24) is 5.32 Å². The van der Waals surface area contributed by atoms with Gasteiger partial charge in [-0.2, -0.15) is 0 Å². The Bertz CT molecular complexity index is 495. The third kappa shape index (κ3) is 9.52. The van der Waals surface area contributed by atoms with Crippen LogP contribution >= 0.6 is 0 Å². The molecule has 2 N–H and O–H groups in total. The van der Waals surface area contributed by atoms with E-state index in [0.29, 0.717) is 6.61 Å². The molecule has 0 aliphatic heterocycles. The number of amides is 1. The monoisotopic (exact) mass is 323 g/mol. The van der Waals surface area contributed by atoms with E-state index < -0.39 is 23.7 Å². The van der Waals surface area contributed by atoms with Gasteiger partial charge in [-0.25, -0.2) is 4.79 Å². The zero-order valence-electron chi connectivity index (χ0n) is 13.9. The van der Waals surface area contributed by atoms with Gasteiger partial charge in [0.2, 0.25) is 0 Å². The summed E-state index contributed by atoms with van der Waals surface area (Å²) >= 11 is 0. The van der Waals surface area contributed by atoms with Crippen molar-refractivity contribution in [3.8, 4) is 0 Å². The largest absolute Gasteiger partial charge is 0.481 e. The van der Waals surface area contributed by atoms with Gasteiger partial charge in [0.25, 0.3) is 0 Å². The topological polar surface area (TPSA) is 84.9 Å². The van der Waals surface area contributed by atoms with Gasteiger partial charge in [0.05, 0.1) is 19.3 Å². The number of carbonyl (C=O) groups excluding carboxylic acids is 1. The first-order chi connectivity index (χ1) is 10.8. The van der Waals surface area contributed by atoms with Crippen LogP contribution < -0.4 is 5.32 Å². The minimum atomic E-state index is -0.913. The third-order valence-corrected chi connectivity index (χ3v) is 2.86. The SMILES string of the molecule is CC(C)(C)OC(=O)N[C@H](CCC(=O)O)COCc1ccccc1. The van der Waals surface area contributed by atoms with Crippen molar-refractivity contribution in [3.05, 3.63) is 35.9 Å². The van der Waals surface area contributed by atoms with Gasteiger partial charge in [0, 0.05) is 6.42 Å². The van der Waals surface area contributed by atoms with Crippen LogP contribution in [0.2, 0.25) is 0 Å². The smallest absolute Gasteiger partial charge is 0.407 e. The maximum absolute atomic E-state index is 11.8. The van der Waals surface area contributed by atoms with E-state index in [1.165, 1.54) is 0 Å². The van der Waals surface area contributed by atoms with Crippen LogP contribution in [-0.4, -0.2) is 35.4 Å². The lowest BCUT2D eigenvalue weighted by Gasteiger charge is -2.23. The summed E-state index contributed by atoms with van der Waals surface area (Å²) in [4.78, 5) is 22.5. The first-order valence-electron chi connectivity index (χ1n) is 7.59. The Morgan fingerprint density at radius 1 is 1.22 bits per heavy atom. The van der Waals surface area contributed by atoms with Crippen molar-refractivity contribution in [3.63, 3.8) is 0 Å². The average Bonchev–Trinajstić information content (AvgIpc) is 2.43. The number of benzene rings is 1. The highest BCUT2D eigenvalue weighted by Gasteiger charge is 2.20. The molecule has 23 heavy (non-hydrogen) atoms. The predicted octanol–water partition coefficient (Wildman–Crippen LogP) is 2.96. The van der Waals surface area contributed by atoms with Crippen LogP contribution in [0.1, 0.15) is 39.2 Å². The van der Waals surface area contributed by atoms with Crippen LogP contribution in [0.3, 0.4) is 0 Å². The maximum Gasteiger partial charge on any atom is 0.407 e. The standard InChI is InChI=1S/C17H25NO5/c1-17(2,3)23-16(21)18-14(9-10-15(19)20)12-22-11-13-7-5-4-6-8-13/h4-8,14H,9-12H2,1-3H3,(H,18,21)(H,19,20)/t14-/m1/s1. The number of carbonyl (C=O) groups is 2. The van der Waals surface area contributed by atoms with Gasteiger partial charge in [-0.05, 0) is 32.8 Å². The fourth-order valence-electron chi connectivity index (χ4n) is 1.86. The highest BCUT2D eigenvalue weighted by Crippen LogP contribution is 2.08. The predicted molar refractivity (Wildman–Crippen MR) is 86.1 cm³/mol. The van der Waals surface area contributed by atoms with E-state index in [0.717, 1.165) is 5.56 Å². The van der Waals surface area contributed by atoms with E-state index in [2.05, 4.69) is 5.32 Å². The molecule has 6 nitrogen and oxygen atoms in total. The van der Waals surface area contributed by atoms with Gasteiger partial charge in [-0.15, -0.1) is 0 Å². The zero-order valence-corrected chi connectivity index (χ0v) is 13.9. The summed E-state index contributed by atoms with van der Waals surface area (Å²) in [7, 11) is 0. The number of alkyl carbamates (subject to hydrolysis) is 1.